The highest BCUT2D eigenvalue weighted by molar-refractivity contribution is 5.85. The molecule has 2 aliphatic heterocycles. The summed E-state index contributed by atoms with van der Waals surface area (Å²) in [4.78, 5) is 14.7. The Morgan fingerprint density at radius 2 is 1.89 bits per heavy atom. The van der Waals surface area contributed by atoms with Crippen LogP contribution in [0.3, 0.4) is 0 Å². The average molecular weight is 287 g/mol. The fourth-order valence-corrected chi connectivity index (χ4v) is 4.19. The molecule has 110 valence electrons. The highest BCUT2D eigenvalue weighted by atomic mass is 35.5. The minimum Gasteiger partial charge on any atom is -0.339 e. The number of rotatable bonds is 3. The maximum atomic E-state index is 12.5. The third kappa shape index (κ3) is 3.43. The number of nitrogens with zero attached hydrogens (tertiary/aromatic N) is 1. The summed E-state index contributed by atoms with van der Waals surface area (Å²) in [5.41, 5.74) is 0. The van der Waals surface area contributed by atoms with Crippen LogP contribution in [0.1, 0.15) is 51.4 Å². The van der Waals surface area contributed by atoms with Crippen molar-refractivity contribution >= 4 is 18.3 Å². The summed E-state index contributed by atoms with van der Waals surface area (Å²) in [6.45, 7) is 3.18. The summed E-state index contributed by atoms with van der Waals surface area (Å²) in [6, 6.07) is 0.592. The van der Waals surface area contributed by atoms with Gasteiger partial charge in [0.05, 0.1) is 0 Å². The molecular weight excluding hydrogens is 260 g/mol. The van der Waals surface area contributed by atoms with Crippen molar-refractivity contribution in [2.24, 2.45) is 11.8 Å². The van der Waals surface area contributed by atoms with E-state index in [4.69, 9.17) is 0 Å². The van der Waals surface area contributed by atoms with Gasteiger partial charge in [0, 0.05) is 19.0 Å². The van der Waals surface area contributed by atoms with Gasteiger partial charge in [-0.1, -0.05) is 12.8 Å². The molecule has 3 fully saturated rings. The molecule has 3 rings (SSSR count). The van der Waals surface area contributed by atoms with Crippen LogP contribution in [0, 0.1) is 11.8 Å². The van der Waals surface area contributed by atoms with Gasteiger partial charge in [-0.25, -0.2) is 0 Å². The first-order chi connectivity index (χ1) is 8.84. The summed E-state index contributed by atoms with van der Waals surface area (Å²) in [7, 11) is 0. The van der Waals surface area contributed by atoms with E-state index in [1.54, 1.807) is 0 Å². The fraction of sp³-hybridized carbons (Fsp3) is 0.933. The van der Waals surface area contributed by atoms with Gasteiger partial charge in [-0.15, -0.1) is 12.4 Å². The third-order valence-corrected chi connectivity index (χ3v) is 5.19. The first kappa shape index (κ1) is 15.1. The van der Waals surface area contributed by atoms with Crippen molar-refractivity contribution in [3.05, 3.63) is 0 Å². The molecule has 1 N–H and O–H groups in total. The summed E-state index contributed by atoms with van der Waals surface area (Å²) >= 11 is 0. The maximum absolute atomic E-state index is 12.5. The molecule has 3 nitrogen and oxygen atoms in total. The lowest BCUT2D eigenvalue weighted by Crippen LogP contribution is -2.40. The number of carbonyl (C=O) groups excluding carboxylic acids is 1. The van der Waals surface area contributed by atoms with Crippen LogP contribution in [0.2, 0.25) is 0 Å². The van der Waals surface area contributed by atoms with E-state index in [0.717, 1.165) is 32.0 Å². The topological polar surface area (TPSA) is 32.3 Å². The minimum absolute atomic E-state index is 0. The molecule has 2 heterocycles. The summed E-state index contributed by atoms with van der Waals surface area (Å²) in [6.07, 6.45) is 9.96. The molecule has 0 radical (unpaired) electrons. The molecule has 2 saturated heterocycles. The molecule has 2 atom stereocenters. The SMILES string of the molecule is Cl.O=C(CC1CCNC1)N1CCCC1C1CCCC1. The Balaban J connectivity index is 0.00000133. The number of halogens is 1. The predicted molar refractivity (Wildman–Crippen MR) is 79.5 cm³/mol. The Hall–Kier alpha value is -0.280. The van der Waals surface area contributed by atoms with E-state index >= 15 is 0 Å². The number of hydrogen-bond donors (Lipinski definition) is 1. The van der Waals surface area contributed by atoms with Gasteiger partial charge in [0.15, 0.2) is 0 Å². The molecule has 0 aromatic heterocycles. The highest BCUT2D eigenvalue weighted by Gasteiger charge is 2.36. The molecule has 0 aromatic carbocycles. The second-order valence-corrected chi connectivity index (χ2v) is 6.40. The summed E-state index contributed by atoms with van der Waals surface area (Å²) in [5, 5.41) is 3.36. The lowest BCUT2D eigenvalue weighted by Gasteiger charge is -2.30. The molecule has 2 unspecified atom stereocenters. The van der Waals surface area contributed by atoms with Crippen molar-refractivity contribution in [3.8, 4) is 0 Å². The van der Waals surface area contributed by atoms with Gasteiger partial charge < -0.3 is 10.2 Å². The standard InChI is InChI=1S/C15H26N2O.ClH/c18-15(10-12-7-8-16-11-12)17-9-3-6-14(17)13-4-1-2-5-13;/h12-14,16H,1-11H2;1H. The fourth-order valence-electron chi connectivity index (χ4n) is 4.19. The Morgan fingerprint density at radius 3 is 2.58 bits per heavy atom. The lowest BCUT2D eigenvalue weighted by molar-refractivity contribution is -0.133. The molecule has 3 aliphatic rings. The van der Waals surface area contributed by atoms with E-state index in [1.807, 2.05) is 0 Å². The van der Waals surface area contributed by atoms with Gasteiger partial charge in [-0.3, -0.25) is 4.79 Å². The second kappa shape index (κ2) is 6.94. The number of amides is 1. The molecule has 0 spiro atoms. The van der Waals surface area contributed by atoms with Crippen LogP contribution in [0.4, 0.5) is 0 Å². The molecule has 1 amide bonds. The van der Waals surface area contributed by atoms with Gasteiger partial charge in [0.25, 0.3) is 0 Å². The zero-order chi connectivity index (χ0) is 12.4. The van der Waals surface area contributed by atoms with Crippen LogP contribution in [0.5, 0.6) is 0 Å². The monoisotopic (exact) mass is 286 g/mol. The number of hydrogen-bond acceptors (Lipinski definition) is 2. The number of likely N-dealkylation sites (tertiary alicyclic amines) is 1. The molecule has 0 aromatic rings. The van der Waals surface area contributed by atoms with Crippen molar-refractivity contribution in [2.45, 2.75) is 57.4 Å². The van der Waals surface area contributed by atoms with Crippen molar-refractivity contribution in [2.75, 3.05) is 19.6 Å². The van der Waals surface area contributed by atoms with E-state index in [2.05, 4.69) is 10.2 Å². The minimum atomic E-state index is 0. The van der Waals surface area contributed by atoms with E-state index in [-0.39, 0.29) is 12.4 Å². The first-order valence-corrected chi connectivity index (χ1v) is 7.85. The normalized spacial score (nSPS) is 31.7. The highest BCUT2D eigenvalue weighted by Crippen LogP contribution is 2.36. The maximum Gasteiger partial charge on any atom is 0.223 e. The molecular formula is C15H27ClN2O. The zero-order valence-corrected chi connectivity index (χ0v) is 12.6. The Kier molecular flexibility index (Phi) is 5.52. The van der Waals surface area contributed by atoms with Crippen LogP contribution in [0.15, 0.2) is 0 Å². The predicted octanol–water partition coefficient (Wildman–Crippen LogP) is 2.59. The van der Waals surface area contributed by atoms with Crippen LogP contribution in [-0.2, 0) is 4.79 Å². The Morgan fingerprint density at radius 1 is 1.11 bits per heavy atom. The van der Waals surface area contributed by atoms with Gasteiger partial charge in [-0.05, 0) is 57.0 Å². The van der Waals surface area contributed by atoms with Gasteiger partial charge >= 0.3 is 0 Å². The smallest absolute Gasteiger partial charge is 0.223 e. The molecule has 1 saturated carbocycles. The molecule has 1 aliphatic carbocycles. The third-order valence-electron chi connectivity index (χ3n) is 5.19. The molecule has 0 bridgehead atoms. The van der Waals surface area contributed by atoms with Gasteiger partial charge in [-0.2, -0.15) is 0 Å². The molecule has 4 heteroatoms. The number of nitrogens with one attached hydrogen (secondary N) is 1. The summed E-state index contributed by atoms with van der Waals surface area (Å²) in [5.74, 6) is 1.86. The van der Waals surface area contributed by atoms with Gasteiger partial charge in [0.2, 0.25) is 5.91 Å². The van der Waals surface area contributed by atoms with E-state index < -0.39 is 0 Å². The average Bonchev–Trinajstić information content (AvgIpc) is 3.11. The van der Waals surface area contributed by atoms with Crippen LogP contribution >= 0.6 is 12.4 Å². The zero-order valence-electron chi connectivity index (χ0n) is 11.8. The van der Waals surface area contributed by atoms with Crippen molar-refractivity contribution in [3.63, 3.8) is 0 Å². The van der Waals surface area contributed by atoms with Gasteiger partial charge in [0.1, 0.15) is 0 Å². The Bertz CT molecular complexity index is 299. The largest absolute Gasteiger partial charge is 0.339 e. The van der Waals surface area contributed by atoms with Crippen molar-refractivity contribution in [1.29, 1.82) is 0 Å². The first-order valence-electron chi connectivity index (χ1n) is 7.85. The lowest BCUT2D eigenvalue weighted by atomic mass is 9.95. The van der Waals surface area contributed by atoms with Crippen molar-refractivity contribution < 1.29 is 4.79 Å². The second-order valence-electron chi connectivity index (χ2n) is 6.40. The Labute approximate surface area is 122 Å². The molecule has 19 heavy (non-hydrogen) atoms. The summed E-state index contributed by atoms with van der Waals surface area (Å²) < 4.78 is 0. The van der Waals surface area contributed by atoms with E-state index in [9.17, 15) is 4.79 Å². The van der Waals surface area contributed by atoms with Crippen LogP contribution in [0.25, 0.3) is 0 Å². The van der Waals surface area contributed by atoms with E-state index in [0.29, 0.717) is 17.9 Å². The van der Waals surface area contributed by atoms with Crippen LogP contribution in [-0.4, -0.2) is 36.5 Å². The quantitative estimate of drug-likeness (QED) is 0.865. The van der Waals surface area contributed by atoms with E-state index in [1.165, 1.54) is 44.9 Å². The van der Waals surface area contributed by atoms with Crippen LogP contribution < -0.4 is 5.32 Å². The number of carbonyl (C=O) groups is 1. The van der Waals surface area contributed by atoms with Crippen molar-refractivity contribution in [1.82, 2.24) is 10.2 Å².